The molecule has 0 unspecified atom stereocenters. The van der Waals surface area contributed by atoms with Crippen molar-refractivity contribution in [2.45, 2.75) is 13.5 Å². The first-order valence-corrected chi connectivity index (χ1v) is 5.99. The van der Waals surface area contributed by atoms with Gasteiger partial charge in [-0.3, -0.25) is 0 Å². The summed E-state index contributed by atoms with van der Waals surface area (Å²) in [4.78, 5) is 0.786. The summed E-state index contributed by atoms with van der Waals surface area (Å²) >= 11 is 1.48. The van der Waals surface area contributed by atoms with Gasteiger partial charge in [-0.15, -0.1) is 10.2 Å². The number of hydrogen-bond donors (Lipinski definition) is 0. The maximum atomic E-state index is 5.71. The molecule has 0 saturated heterocycles. The van der Waals surface area contributed by atoms with Crippen LogP contribution in [0.4, 0.5) is 0 Å². The summed E-state index contributed by atoms with van der Waals surface area (Å²) in [5, 5.41) is 12.9. The van der Waals surface area contributed by atoms with E-state index in [0.29, 0.717) is 6.61 Å². The first kappa shape index (κ1) is 10.2. The average Bonchev–Trinajstić information content (AvgIpc) is 2.88. The van der Waals surface area contributed by atoms with E-state index in [2.05, 4.69) is 15.3 Å². The molecule has 0 aliphatic rings. The van der Waals surface area contributed by atoms with Crippen LogP contribution in [0.25, 0.3) is 4.96 Å². The van der Waals surface area contributed by atoms with Crippen LogP contribution in [-0.2, 0) is 6.61 Å². The number of benzene rings is 1. The standard InChI is InChI=1S/C11H10N4OS/c1-8-4-2-3-5-9(8)16-6-10-14-15-7-12-13-11(15)17-10/h2-5,7H,6H2,1H3. The van der Waals surface area contributed by atoms with Gasteiger partial charge in [0.15, 0.2) is 5.01 Å². The molecule has 0 fully saturated rings. The van der Waals surface area contributed by atoms with Crippen LogP contribution in [-0.4, -0.2) is 19.8 Å². The number of nitrogens with zero attached hydrogens (tertiary/aromatic N) is 4. The number of rotatable bonds is 3. The second-order valence-corrected chi connectivity index (χ2v) is 4.65. The smallest absolute Gasteiger partial charge is 0.234 e. The third-order valence-corrected chi connectivity index (χ3v) is 3.26. The number of aromatic nitrogens is 4. The van der Waals surface area contributed by atoms with Crippen molar-refractivity contribution < 1.29 is 4.74 Å². The number of hydrogen-bond acceptors (Lipinski definition) is 5. The average molecular weight is 246 g/mol. The van der Waals surface area contributed by atoms with Crippen LogP contribution < -0.4 is 4.74 Å². The van der Waals surface area contributed by atoms with Crippen molar-refractivity contribution in [3.63, 3.8) is 0 Å². The zero-order chi connectivity index (χ0) is 11.7. The fourth-order valence-electron chi connectivity index (χ4n) is 1.52. The lowest BCUT2D eigenvalue weighted by molar-refractivity contribution is 0.302. The quantitative estimate of drug-likeness (QED) is 0.710. The first-order chi connectivity index (χ1) is 8.33. The summed E-state index contributed by atoms with van der Waals surface area (Å²) in [7, 11) is 0. The molecule has 2 aromatic heterocycles. The zero-order valence-corrected chi connectivity index (χ0v) is 10.0. The van der Waals surface area contributed by atoms with Gasteiger partial charge >= 0.3 is 0 Å². The lowest BCUT2D eigenvalue weighted by Crippen LogP contribution is -1.97. The lowest BCUT2D eigenvalue weighted by atomic mass is 10.2. The molecule has 0 radical (unpaired) electrons. The van der Waals surface area contributed by atoms with Crippen LogP contribution in [0.3, 0.4) is 0 Å². The molecule has 0 spiro atoms. The maximum Gasteiger partial charge on any atom is 0.234 e. The Kier molecular flexibility index (Phi) is 2.49. The SMILES string of the molecule is Cc1ccccc1OCc1nn2cnnc2s1. The van der Waals surface area contributed by atoms with Gasteiger partial charge in [-0.05, 0) is 18.6 Å². The Morgan fingerprint density at radius 2 is 2.24 bits per heavy atom. The molecule has 3 rings (SSSR count). The minimum atomic E-state index is 0.457. The largest absolute Gasteiger partial charge is 0.486 e. The zero-order valence-electron chi connectivity index (χ0n) is 9.20. The number of ether oxygens (including phenoxy) is 1. The minimum absolute atomic E-state index is 0.457. The lowest BCUT2D eigenvalue weighted by Gasteiger charge is -2.06. The number of aryl methyl sites for hydroxylation is 1. The van der Waals surface area contributed by atoms with Gasteiger partial charge in [0.2, 0.25) is 4.96 Å². The Morgan fingerprint density at radius 1 is 1.35 bits per heavy atom. The van der Waals surface area contributed by atoms with Gasteiger partial charge in [0.25, 0.3) is 0 Å². The molecule has 0 amide bonds. The molecule has 0 bridgehead atoms. The monoisotopic (exact) mass is 246 g/mol. The Bertz CT molecular complexity index is 617. The number of fused-ring (bicyclic) bond motifs is 1. The van der Waals surface area contributed by atoms with Crippen molar-refractivity contribution >= 4 is 16.3 Å². The highest BCUT2D eigenvalue weighted by atomic mass is 32.1. The maximum absolute atomic E-state index is 5.71. The summed E-state index contributed by atoms with van der Waals surface area (Å²) in [6, 6.07) is 7.93. The Labute approximate surface area is 102 Å². The molecule has 0 aliphatic heterocycles. The molecule has 2 heterocycles. The van der Waals surface area contributed by atoms with E-state index in [0.717, 1.165) is 21.3 Å². The van der Waals surface area contributed by atoms with Crippen molar-refractivity contribution in [3.05, 3.63) is 41.2 Å². The highest BCUT2D eigenvalue weighted by molar-refractivity contribution is 7.16. The number of para-hydroxylation sites is 1. The van der Waals surface area contributed by atoms with E-state index in [-0.39, 0.29) is 0 Å². The van der Waals surface area contributed by atoms with Crippen LogP contribution in [0.15, 0.2) is 30.6 Å². The molecule has 0 atom stereocenters. The first-order valence-electron chi connectivity index (χ1n) is 5.17. The fraction of sp³-hybridized carbons (Fsp3) is 0.182. The molecule has 6 heteroatoms. The van der Waals surface area contributed by atoms with Crippen molar-refractivity contribution in [1.29, 1.82) is 0 Å². The molecule has 86 valence electrons. The summed E-state index contributed by atoms with van der Waals surface area (Å²) < 4.78 is 7.36. The second kappa shape index (κ2) is 4.14. The van der Waals surface area contributed by atoms with Crippen LogP contribution in [0.5, 0.6) is 5.75 Å². The van der Waals surface area contributed by atoms with E-state index < -0.39 is 0 Å². The molecule has 1 aromatic carbocycles. The van der Waals surface area contributed by atoms with Crippen molar-refractivity contribution in [3.8, 4) is 5.75 Å². The highest BCUT2D eigenvalue weighted by Gasteiger charge is 2.06. The third-order valence-electron chi connectivity index (χ3n) is 2.37. The van der Waals surface area contributed by atoms with E-state index in [1.807, 2.05) is 31.2 Å². The molecule has 17 heavy (non-hydrogen) atoms. The van der Waals surface area contributed by atoms with Gasteiger partial charge in [0.1, 0.15) is 18.7 Å². The summed E-state index contributed by atoms with van der Waals surface area (Å²) in [6.07, 6.45) is 1.59. The van der Waals surface area contributed by atoms with Crippen LogP contribution in [0.2, 0.25) is 0 Å². The minimum Gasteiger partial charge on any atom is -0.486 e. The van der Waals surface area contributed by atoms with Crippen LogP contribution in [0, 0.1) is 6.92 Å². The van der Waals surface area contributed by atoms with E-state index in [1.54, 1.807) is 10.8 Å². The molecule has 3 aromatic rings. The third kappa shape index (κ3) is 1.99. The van der Waals surface area contributed by atoms with E-state index in [4.69, 9.17) is 4.74 Å². The Balaban J connectivity index is 1.76. The van der Waals surface area contributed by atoms with Gasteiger partial charge in [0, 0.05) is 0 Å². The molecule has 0 N–H and O–H groups in total. The van der Waals surface area contributed by atoms with Crippen molar-refractivity contribution in [2.24, 2.45) is 0 Å². The summed E-state index contributed by atoms with van der Waals surface area (Å²) in [6.45, 7) is 2.48. The predicted octanol–water partition coefficient (Wildman–Crippen LogP) is 2.07. The van der Waals surface area contributed by atoms with Crippen molar-refractivity contribution in [1.82, 2.24) is 19.8 Å². The van der Waals surface area contributed by atoms with E-state index in [9.17, 15) is 0 Å². The van der Waals surface area contributed by atoms with Gasteiger partial charge in [-0.2, -0.15) is 9.61 Å². The Hall–Kier alpha value is -1.95. The van der Waals surface area contributed by atoms with Crippen LogP contribution >= 0.6 is 11.3 Å². The highest BCUT2D eigenvalue weighted by Crippen LogP contribution is 2.19. The molecule has 0 saturated carbocycles. The summed E-state index contributed by atoms with van der Waals surface area (Å²) in [5.41, 5.74) is 1.12. The van der Waals surface area contributed by atoms with Crippen LogP contribution in [0.1, 0.15) is 10.6 Å². The van der Waals surface area contributed by atoms with Gasteiger partial charge in [-0.1, -0.05) is 29.5 Å². The molecule has 0 aliphatic carbocycles. The van der Waals surface area contributed by atoms with E-state index >= 15 is 0 Å². The van der Waals surface area contributed by atoms with Gasteiger partial charge < -0.3 is 4.74 Å². The second-order valence-electron chi connectivity index (χ2n) is 3.61. The Morgan fingerprint density at radius 3 is 3.06 bits per heavy atom. The normalized spacial score (nSPS) is 10.9. The predicted molar refractivity (Wildman–Crippen MR) is 64.2 cm³/mol. The molecule has 5 nitrogen and oxygen atoms in total. The van der Waals surface area contributed by atoms with E-state index in [1.165, 1.54) is 11.3 Å². The molecular formula is C11H10N4OS. The topological polar surface area (TPSA) is 52.3 Å². The summed E-state index contributed by atoms with van der Waals surface area (Å²) in [5.74, 6) is 0.887. The van der Waals surface area contributed by atoms with Gasteiger partial charge in [-0.25, -0.2) is 0 Å². The fourth-order valence-corrected chi connectivity index (χ4v) is 2.24. The van der Waals surface area contributed by atoms with Gasteiger partial charge in [0.05, 0.1) is 0 Å². The van der Waals surface area contributed by atoms with Crippen molar-refractivity contribution in [2.75, 3.05) is 0 Å². The molecular weight excluding hydrogens is 236 g/mol.